The van der Waals surface area contributed by atoms with Gasteiger partial charge in [0.05, 0.1) is 11.9 Å². The van der Waals surface area contributed by atoms with E-state index in [1.807, 2.05) is 12.4 Å². The van der Waals surface area contributed by atoms with Gasteiger partial charge in [0.15, 0.2) is 0 Å². The van der Waals surface area contributed by atoms with E-state index in [1.165, 1.54) is 32.1 Å². The van der Waals surface area contributed by atoms with Crippen molar-refractivity contribution in [3.63, 3.8) is 0 Å². The summed E-state index contributed by atoms with van der Waals surface area (Å²) in [6, 6.07) is 0.418. The third-order valence-corrected chi connectivity index (χ3v) is 4.20. The van der Waals surface area contributed by atoms with Crippen LogP contribution in [-0.4, -0.2) is 28.3 Å². The second-order valence-electron chi connectivity index (χ2n) is 6.15. The van der Waals surface area contributed by atoms with Crippen LogP contribution < -0.4 is 10.6 Å². The Morgan fingerprint density at radius 2 is 2.05 bits per heavy atom. The van der Waals surface area contributed by atoms with Crippen LogP contribution in [0.15, 0.2) is 12.4 Å². The maximum atomic E-state index is 11.7. The summed E-state index contributed by atoms with van der Waals surface area (Å²) in [6.45, 7) is 1.35. The van der Waals surface area contributed by atoms with E-state index < -0.39 is 0 Å². The highest BCUT2D eigenvalue weighted by Crippen LogP contribution is 2.23. The van der Waals surface area contributed by atoms with Crippen LogP contribution in [0.5, 0.6) is 0 Å². The molecule has 0 spiro atoms. The monoisotopic (exact) mass is 276 g/mol. The van der Waals surface area contributed by atoms with Gasteiger partial charge in [-0.15, -0.1) is 0 Å². The van der Waals surface area contributed by atoms with E-state index in [4.69, 9.17) is 0 Å². The van der Waals surface area contributed by atoms with Gasteiger partial charge in [-0.1, -0.05) is 19.3 Å². The molecule has 1 heterocycles. The van der Waals surface area contributed by atoms with E-state index >= 15 is 0 Å². The van der Waals surface area contributed by atoms with Crippen LogP contribution in [-0.2, 0) is 11.3 Å². The Morgan fingerprint density at radius 1 is 1.25 bits per heavy atom. The van der Waals surface area contributed by atoms with Crippen molar-refractivity contribution in [1.29, 1.82) is 0 Å². The minimum atomic E-state index is 0.0643. The van der Waals surface area contributed by atoms with Crippen molar-refractivity contribution in [2.75, 3.05) is 11.9 Å². The number of nitrogens with one attached hydrogen (secondary N) is 2. The van der Waals surface area contributed by atoms with Crippen LogP contribution in [0.25, 0.3) is 0 Å². The molecule has 0 aromatic carbocycles. The second kappa shape index (κ2) is 6.29. The minimum absolute atomic E-state index is 0.0643. The summed E-state index contributed by atoms with van der Waals surface area (Å²) in [7, 11) is 0. The van der Waals surface area contributed by atoms with Crippen molar-refractivity contribution in [1.82, 2.24) is 15.1 Å². The summed E-state index contributed by atoms with van der Waals surface area (Å²) in [5.74, 6) is 0.861. The van der Waals surface area contributed by atoms with Crippen molar-refractivity contribution < 1.29 is 4.79 Å². The SMILES string of the molecule is O=C(Cn1cc(NCC2CCCCC2)cn1)NC1CC1. The quantitative estimate of drug-likeness (QED) is 0.837. The lowest BCUT2D eigenvalue weighted by molar-refractivity contribution is -0.122. The van der Waals surface area contributed by atoms with E-state index in [2.05, 4.69) is 15.7 Å². The van der Waals surface area contributed by atoms with E-state index in [1.54, 1.807) is 4.68 Å². The molecule has 1 amide bonds. The lowest BCUT2D eigenvalue weighted by Gasteiger charge is -2.21. The number of hydrogen-bond acceptors (Lipinski definition) is 3. The normalized spacial score (nSPS) is 19.8. The minimum Gasteiger partial charge on any atom is -0.382 e. The molecule has 0 bridgehead atoms. The number of nitrogens with zero attached hydrogens (tertiary/aromatic N) is 2. The molecule has 5 nitrogen and oxygen atoms in total. The summed E-state index contributed by atoms with van der Waals surface area (Å²) in [5, 5.41) is 10.7. The van der Waals surface area contributed by atoms with Crippen LogP contribution in [0.4, 0.5) is 5.69 Å². The lowest BCUT2D eigenvalue weighted by atomic mass is 9.89. The predicted octanol–water partition coefficient (Wildman–Crippen LogP) is 2.15. The first-order valence-corrected chi connectivity index (χ1v) is 7.85. The number of anilines is 1. The fourth-order valence-electron chi connectivity index (χ4n) is 2.84. The summed E-state index contributed by atoms with van der Waals surface area (Å²) in [5.41, 5.74) is 1.02. The first-order valence-electron chi connectivity index (χ1n) is 7.85. The van der Waals surface area contributed by atoms with Crippen molar-refractivity contribution in [2.45, 2.75) is 57.5 Å². The van der Waals surface area contributed by atoms with Gasteiger partial charge in [-0.3, -0.25) is 9.48 Å². The molecule has 0 aliphatic heterocycles. The zero-order chi connectivity index (χ0) is 13.8. The standard InChI is InChI=1S/C15H24N4O/c20-15(18-13-6-7-13)11-19-10-14(9-17-19)16-8-12-4-2-1-3-5-12/h9-10,12-13,16H,1-8,11H2,(H,18,20). The average Bonchev–Trinajstić information content (AvgIpc) is 3.15. The fourth-order valence-corrected chi connectivity index (χ4v) is 2.84. The van der Waals surface area contributed by atoms with Gasteiger partial charge in [0, 0.05) is 18.8 Å². The van der Waals surface area contributed by atoms with Crippen molar-refractivity contribution >= 4 is 11.6 Å². The number of aromatic nitrogens is 2. The molecule has 0 saturated heterocycles. The number of rotatable bonds is 6. The average molecular weight is 276 g/mol. The van der Waals surface area contributed by atoms with Gasteiger partial charge in [0.2, 0.25) is 5.91 Å². The van der Waals surface area contributed by atoms with Crippen LogP contribution in [0, 0.1) is 5.92 Å². The molecule has 0 unspecified atom stereocenters. The highest BCUT2D eigenvalue weighted by molar-refractivity contribution is 5.76. The Hall–Kier alpha value is -1.52. The molecule has 2 N–H and O–H groups in total. The summed E-state index contributed by atoms with van der Waals surface area (Å²) >= 11 is 0. The molecule has 5 heteroatoms. The smallest absolute Gasteiger partial charge is 0.241 e. The summed E-state index contributed by atoms with van der Waals surface area (Å²) in [4.78, 5) is 11.7. The van der Waals surface area contributed by atoms with Gasteiger partial charge in [0.1, 0.15) is 6.54 Å². The van der Waals surface area contributed by atoms with Gasteiger partial charge in [-0.2, -0.15) is 5.10 Å². The van der Waals surface area contributed by atoms with E-state index in [-0.39, 0.29) is 5.91 Å². The maximum absolute atomic E-state index is 11.7. The molecule has 1 aromatic heterocycles. The van der Waals surface area contributed by atoms with Crippen LogP contribution in [0.1, 0.15) is 44.9 Å². The van der Waals surface area contributed by atoms with Gasteiger partial charge >= 0.3 is 0 Å². The molecular formula is C15H24N4O. The van der Waals surface area contributed by atoms with Gasteiger partial charge in [-0.05, 0) is 31.6 Å². The molecule has 2 saturated carbocycles. The largest absolute Gasteiger partial charge is 0.382 e. The molecule has 3 rings (SSSR count). The number of carbonyl (C=O) groups is 1. The van der Waals surface area contributed by atoms with Gasteiger partial charge < -0.3 is 10.6 Å². The molecule has 2 aliphatic rings. The number of amides is 1. The Bertz CT molecular complexity index is 446. The molecule has 110 valence electrons. The summed E-state index contributed by atoms with van der Waals surface area (Å²) in [6.07, 6.45) is 12.8. The zero-order valence-corrected chi connectivity index (χ0v) is 12.0. The van der Waals surface area contributed by atoms with Crippen molar-refractivity contribution in [2.24, 2.45) is 5.92 Å². The highest BCUT2D eigenvalue weighted by atomic mass is 16.2. The highest BCUT2D eigenvalue weighted by Gasteiger charge is 2.23. The molecule has 0 atom stereocenters. The molecule has 2 aliphatic carbocycles. The Balaban J connectivity index is 1.42. The topological polar surface area (TPSA) is 59.0 Å². The van der Waals surface area contributed by atoms with E-state index in [0.717, 1.165) is 31.0 Å². The first-order chi connectivity index (χ1) is 9.79. The molecule has 1 aromatic rings. The third-order valence-electron chi connectivity index (χ3n) is 4.20. The maximum Gasteiger partial charge on any atom is 0.241 e. The van der Waals surface area contributed by atoms with E-state index in [9.17, 15) is 4.79 Å². The lowest BCUT2D eigenvalue weighted by Crippen LogP contribution is -2.29. The summed E-state index contributed by atoms with van der Waals surface area (Å²) < 4.78 is 1.71. The molecule has 0 radical (unpaired) electrons. The molecule has 2 fully saturated rings. The number of carbonyl (C=O) groups excluding carboxylic acids is 1. The Morgan fingerprint density at radius 3 is 2.80 bits per heavy atom. The van der Waals surface area contributed by atoms with E-state index in [0.29, 0.717) is 12.6 Å². The van der Waals surface area contributed by atoms with Crippen molar-refractivity contribution in [3.05, 3.63) is 12.4 Å². The van der Waals surface area contributed by atoms with Gasteiger partial charge in [0.25, 0.3) is 0 Å². The van der Waals surface area contributed by atoms with Crippen LogP contribution >= 0.6 is 0 Å². The Kier molecular flexibility index (Phi) is 4.23. The number of hydrogen-bond donors (Lipinski definition) is 2. The van der Waals surface area contributed by atoms with Gasteiger partial charge in [-0.25, -0.2) is 0 Å². The zero-order valence-electron chi connectivity index (χ0n) is 12.0. The van der Waals surface area contributed by atoms with Crippen LogP contribution in [0.2, 0.25) is 0 Å². The third kappa shape index (κ3) is 3.99. The predicted molar refractivity (Wildman–Crippen MR) is 78.5 cm³/mol. The molecule has 20 heavy (non-hydrogen) atoms. The molecular weight excluding hydrogens is 252 g/mol. The van der Waals surface area contributed by atoms with Crippen LogP contribution in [0.3, 0.4) is 0 Å². The fraction of sp³-hybridized carbons (Fsp3) is 0.733. The Labute approximate surface area is 120 Å². The second-order valence-corrected chi connectivity index (χ2v) is 6.15. The van der Waals surface area contributed by atoms with Crippen molar-refractivity contribution in [3.8, 4) is 0 Å². The first kappa shape index (κ1) is 13.5.